The number of carbonyl (C=O) groups excluding carboxylic acids is 1. The molecule has 0 fully saturated rings. The van der Waals surface area contributed by atoms with E-state index in [0.717, 1.165) is 38.1 Å². The molecule has 0 aromatic carbocycles. The van der Waals surface area contributed by atoms with Gasteiger partial charge in [-0.05, 0) is 25.0 Å². The first-order valence-electron chi connectivity index (χ1n) is 8.15. The lowest BCUT2D eigenvalue weighted by Crippen LogP contribution is -2.24. The molecule has 0 unspecified atom stereocenters. The lowest BCUT2D eigenvalue weighted by Gasteiger charge is -2.16. The van der Waals surface area contributed by atoms with Gasteiger partial charge in [-0.2, -0.15) is 12.6 Å². The van der Waals surface area contributed by atoms with E-state index in [2.05, 4.69) is 19.6 Å². The van der Waals surface area contributed by atoms with E-state index in [1.807, 2.05) is 4.90 Å². The van der Waals surface area contributed by atoms with Crippen molar-refractivity contribution in [3.63, 3.8) is 0 Å². The number of thiol groups is 1. The Morgan fingerprint density at radius 3 is 1.74 bits per heavy atom. The SMILES string of the molecule is CCCCN(C=O)CCCCCCCCCCCS. The van der Waals surface area contributed by atoms with Gasteiger partial charge < -0.3 is 4.90 Å². The summed E-state index contributed by atoms with van der Waals surface area (Å²) >= 11 is 4.22. The van der Waals surface area contributed by atoms with Crippen LogP contribution in [0.4, 0.5) is 0 Å². The number of hydrogen-bond donors (Lipinski definition) is 1. The maximum atomic E-state index is 10.8. The average molecular weight is 288 g/mol. The summed E-state index contributed by atoms with van der Waals surface area (Å²) in [4.78, 5) is 12.8. The summed E-state index contributed by atoms with van der Waals surface area (Å²) in [6.07, 6.45) is 15.2. The van der Waals surface area contributed by atoms with Gasteiger partial charge in [-0.1, -0.05) is 58.3 Å². The van der Waals surface area contributed by atoms with Crippen molar-refractivity contribution in [1.82, 2.24) is 4.90 Å². The Bertz CT molecular complexity index is 188. The molecule has 0 aromatic heterocycles. The van der Waals surface area contributed by atoms with E-state index in [9.17, 15) is 4.79 Å². The third kappa shape index (κ3) is 14.0. The Kier molecular flexibility index (Phi) is 15.7. The Hall–Kier alpha value is -0.180. The molecular formula is C16H33NOS. The van der Waals surface area contributed by atoms with Crippen molar-refractivity contribution in [3.8, 4) is 0 Å². The molecule has 3 heteroatoms. The maximum Gasteiger partial charge on any atom is 0.209 e. The second-order valence-electron chi connectivity index (χ2n) is 5.40. The van der Waals surface area contributed by atoms with Gasteiger partial charge in [0.1, 0.15) is 0 Å². The number of nitrogens with zero attached hydrogens (tertiary/aromatic N) is 1. The molecule has 0 N–H and O–H groups in total. The summed E-state index contributed by atoms with van der Waals surface area (Å²) in [6.45, 7) is 4.05. The Morgan fingerprint density at radius 2 is 1.26 bits per heavy atom. The Labute approximate surface area is 125 Å². The standard InChI is InChI=1S/C16H33NOS/c1-2-3-13-17(16-18)14-11-9-7-5-4-6-8-10-12-15-19/h16,19H,2-15H2,1H3. The smallest absolute Gasteiger partial charge is 0.209 e. The van der Waals surface area contributed by atoms with E-state index in [-0.39, 0.29) is 0 Å². The van der Waals surface area contributed by atoms with Crippen LogP contribution in [0.1, 0.15) is 77.6 Å². The second-order valence-corrected chi connectivity index (χ2v) is 5.85. The number of hydrogen-bond acceptors (Lipinski definition) is 2. The zero-order valence-corrected chi connectivity index (χ0v) is 13.7. The Balaban J connectivity index is 3.18. The molecule has 0 aromatic rings. The van der Waals surface area contributed by atoms with Gasteiger partial charge in [0.15, 0.2) is 0 Å². The zero-order chi connectivity index (χ0) is 14.2. The lowest BCUT2D eigenvalue weighted by molar-refractivity contribution is -0.118. The van der Waals surface area contributed by atoms with Crippen LogP contribution in [0.3, 0.4) is 0 Å². The molecule has 0 saturated heterocycles. The van der Waals surface area contributed by atoms with Gasteiger partial charge in [0.2, 0.25) is 6.41 Å². The number of amides is 1. The topological polar surface area (TPSA) is 20.3 Å². The monoisotopic (exact) mass is 287 g/mol. The summed E-state index contributed by atoms with van der Waals surface area (Å²) in [7, 11) is 0. The highest BCUT2D eigenvalue weighted by molar-refractivity contribution is 7.80. The quantitative estimate of drug-likeness (QED) is 0.263. The zero-order valence-electron chi connectivity index (χ0n) is 12.8. The summed E-state index contributed by atoms with van der Waals surface area (Å²) in [5.41, 5.74) is 0. The van der Waals surface area contributed by atoms with Gasteiger partial charge in [0.05, 0.1) is 0 Å². The molecule has 0 aliphatic carbocycles. The van der Waals surface area contributed by atoms with E-state index in [1.54, 1.807) is 0 Å². The molecule has 0 saturated carbocycles. The van der Waals surface area contributed by atoms with Crippen LogP contribution in [0.5, 0.6) is 0 Å². The van der Waals surface area contributed by atoms with Gasteiger partial charge in [-0.15, -0.1) is 0 Å². The minimum atomic E-state index is 0.936. The van der Waals surface area contributed by atoms with E-state index >= 15 is 0 Å². The molecule has 2 nitrogen and oxygen atoms in total. The highest BCUT2D eigenvalue weighted by Crippen LogP contribution is 2.10. The van der Waals surface area contributed by atoms with Crippen molar-refractivity contribution in [3.05, 3.63) is 0 Å². The fraction of sp³-hybridized carbons (Fsp3) is 0.938. The molecule has 0 radical (unpaired) electrons. The first kappa shape index (κ1) is 18.8. The fourth-order valence-electron chi connectivity index (χ4n) is 2.24. The van der Waals surface area contributed by atoms with Gasteiger partial charge in [0.25, 0.3) is 0 Å². The van der Waals surface area contributed by atoms with E-state index in [0.29, 0.717) is 0 Å². The summed E-state index contributed by atoms with van der Waals surface area (Å²) in [5, 5.41) is 0. The summed E-state index contributed by atoms with van der Waals surface area (Å²) in [5.74, 6) is 1.03. The van der Waals surface area contributed by atoms with Crippen LogP contribution in [0.25, 0.3) is 0 Å². The van der Waals surface area contributed by atoms with Crippen LogP contribution in [0, 0.1) is 0 Å². The number of unbranched alkanes of at least 4 members (excludes halogenated alkanes) is 9. The van der Waals surface area contributed by atoms with Crippen LogP contribution in [-0.2, 0) is 4.79 Å². The molecular weight excluding hydrogens is 254 g/mol. The van der Waals surface area contributed by atoms with Crippen molar-refractivity contribution >= 4 is 19.0 Å². The summed E-state index contributed by atoms with van der Waals surface area (Å²) in [6, 6.07) is 0. The van der Waals surface area contributed by atoms with Crippen LogP contribution < -0.4 is 0 Å². The van der Waals surface area contributed by atoms with Gasteiger partial charge in [0, 0.05) is 13.1 Å². The van der Waals surface area contributed by atoms with Crippen molar-refractivity contribution in [2.75, 3.05) is 18.8 Å². The molecule has 114 valence electrons. The van der Waals surface area contributed by atoms with E-state index in [1.165, 1.54) is 57.8 Å². The van der Waals surface area contributed by atoms with Crippen LogP contribution in [0.15, 0.2) is 0 Å². The predicted octanol–water partition coefficient (Wildman–Crippen LogP) is 4.69. The molecule has 0 bridgehead atoms. The molecule has 0 aliphatic heterocycles. The minimum Gasteiger partial charge on any atom is -0.345 e. The normalized spacial score (nSPS) is 10.6. The molecule has 0 atom stereocenters. The Morgan fingerprint density at radius 1 is 0.789 bits per heavy atom. The molecule has 0 heterocycles. The number of carbonyl (C=O) groups is 1. The predicted molar refractivity (Wildman–Crippen MR) is 88.0 cm³/mol. The van der Waals surface area contributed by atoms with Crippen LogP contribution in [0.2, 0.25) is 0 Å². The van der Waals surface area contributed by atoms with Crippen molar-refractivity contribution in [2.45, 2.75) is 77.6 Å². The first-order valence-corrected chi connectivity index (χ1v) is 8.78. The molecule has 0 spiro atoms. The molecule has 1 amide bonds. The highest BCUT2D eigenvalue weighted by Gasteiger charge is 2.00. The third-order valence-electron chi connectivity index (χ3n) is 3.55. The lowest BCUT2D eigenvalue weighted by atomic mass is 10.1. The number of rotatable bonds is 15. The van der Waals surface area contributed by atoms with Crippen molar-refractivity contribution in [1.29, 1.82) is 0 Å². The minimum absolute atomic E-state index is 0.936. The highest BCUT2D eigenvalue weighted by atomic mass is 32.1. The van der Waals surface area contributed by atoms with Gasteiger partial charge in [-0.3, -0.25) is 4.79 Å². The summed E-state index contributed by atoms with van der Waals surface area (Å²) < 4.78 is 0. The van der Waals surface area contributed by atoms with Crippen molar-refractivity contribution < 1.29 is 4.79 Å². The van der Waals surface area contributed by atoms with E-state index in [4.69, 9.17) is 0 Å². The largest absolute Gasteiger partial charge is 0.345 e. The average Bonchev–Trinajstić information content (AvgIpc) is 2.44. The molecule has 19 heavy (non-hydrogen) atoms. The first-order chi connectivity index (χ1) is 9.35. The van der Waals surface area contributed by atoms with Crippen LogP contribution >= 0.6 is 12.6 Å². The third-order valence-corrected chi connectivity index (χ3v) is 3.87. The van der Waals surface area contributed by atoms with Crippen LogP contribution in [-0.4, -0.2) is 30.2 Å². The van der Waals surface area contributed by atoms with Crippen molar-refractivity contribution in [2.24, 2.45) is 0 Å². The van der Waals surface area contributed by atoms with Gasteiger partial charge in [-0.25, -0.2) is 0 Å². The maximum absolute atomic E-state index is 10.8. The van der Waals surface area contributed by atoms with E-state index < -0.39 is 0 Å². The fourth-order valence-corrected chi connectivity index (χ4v) is 2.47. The molecule has 0 aliphatic rings. The van der Waals surface area contributed by atoms with Gasteiger partial charge >= 0.3 is 0 Å². The molecule has 0 rings (SSSR count). The second kappa shape index (κ2) is 15.9.